The Labute approximate surface area is 175 Å². The molecule has 158 valence electrons. The summed E-state index contributed by atoms with van der Waals surface area (Å²) in [6, 6.07) is 6.47. The van der Waals surface area contributed by atoms with Gasteiger partial charge in [-0.2, -0.15) is 20.1 Å². The second-order valence-corrected chi connectivity index (χ2v) is 7.54. The van der Waals surface area contributed by atoms with Crippen LogP contribution in [0, 0.1) is 10.1 Å². The average Bonchev–Trinajstić information content (AvgIpc) is 2.80. The number of aromatic nitrogens is 3. The molecule has 2 saturated heterocycles. The second kappa shape index (κ2) is 9.47. The van der Waals surface area contributed by atoms with Crippen molar-refractivity contribution in [2.24, 2.45) is 5.10 Å². The van der Waals surface area contributed by atoms with Crippen LogP contribution in [0.15, 0.2) is 29.4 Å². The van der Waals surface area contributed by atoms with Gasteiger partial charge in [-0.05, 0) is 44.6 Å². The van der Waals surface area contributed by atoms with Crippen molar-refractivity contribution in [2.75, 3.05) is 41.4 Å². The summed E-state index contributed by atoms with van der Waals surface area (Å²) in [5, 5.41) is 15.3. The molecule has 10 heteroatoms. The van der Waals surface area contributed by atoms with E-state index in [0.717, 1.165) is 51.9 Å². The Hall–Kier alpha value is -3.30. The highest BCUT2D eigenvalue weighted by atomic mass is 16.6. The van der Waals surface area contributed by atoms with Crippen LogP contribution in [0.1, 0.15) is 44.1 Å². The minimum Gasteiger partial charge on any atom is -0.341 e. The minimum atomic E-state index is -0.423. The van der Waals surface area contributed by atoms with Gasteiger partial charge in [-0.25, -0.2) is 5.43 Å². The van der Waals surface area contributed by atoms with Crippen molar-refractivity contribution in [3.8, 4) is 0 Å². The molecule has 2 aliphatic rings. The first-order valence-electron chi connectivity index (χ1n) is 10.5. The average molecular weight is 410 g/mol. The molecule has 0 unspecified atom stereocenters. The third-order valence-corrected chi connectivity index (χ3v) is 5.39. The molecule has 3 heterocycles. The first-order valence-corrected chi connectivity index (χ1v) is 10.5. The first-order chi connectivity index (χ1) is 14.7. The standard InChI is InChI=1S/C20H26N8O2/c29-28(30)17-10-4-3-9-16(17)15-21-25-18-22-19(26-11-5-1-6-12-26)24-20(23-18)27-13-7-2-8-14-27/h3-4,9-10,15H,1-2,5-8,11-14H2,(H,22,23,24,25)/b21-15+. The molecule has 2 fully saturated rings. The maximum Gasteiger partial charge on any atom is 0.278 e. The topological polar surface area (TPSA) is 113 Å². The highest BCUT2D eigenvalue weighted by molar-refractivity contribution is 5.85. The van der Waals surface area contributed by atoms with Gasteiger partial charge in [-0.15, -0.1) is 0 Å². The van der Waals surface area contributed by atoms with E-state index in [0.29, 0.717) is 23.4 Å². The van der Waals surface area contributed by atoms with E-state index in [1.807, 2.05) is 0 Å². The van der Waals surface area contributed by atoms with Crippen LogP contribution in [0.4, 0.5) is 23.5 Å². The van der Waals surface area contributed by atoms with Gasteiger partial charge in [0.2, 0.25) is 17.8 Å². The van der Waals surface area contributed by atoms with Crippen molar-refractivity contribution in [2.45, 2.75) is 38.5 Å². The first kappa shape index (κ1) is 20.0. The third kappa shape index (κ3) is 4.81. The van der Waals surface area contributed by atoms with Crippen molar-refractivity contribution in [1.82, 2.24) is 15.0 Å². The van der Waals surface area contributed by atoms with E-state index in [-0.39, 0.29) is 5.69 Å². The highest BCUT2D eigenvalue weighted by Gasteiger charge is 2.20. The summed E-state index contributed by atoms with van der Waals surface area (Å²) in [4.78, 5) is 29.0. The number of hydrazone groups is 1. The minimum absolute atomic E-state index is 0.00158. The highest BCUT2D eigenvalue weighted by Crippen LogP contribution is 2.22. The molecule has 1 aromatic carbocycles. The lowest BCUT2D eigenvalue weighted by Gasteiger charge is -2.30. The van der Waals surface area contributed by atoms with E-state index >= 15 is 0 Å². The van der Waals surface area contributed by atoms with Crippen molar-refractivity contribution < 1.29 is 4.92 Å². The molecule has 2 aromatic rings. The van der Waals surface area contributed by atoms with Gasteiger partial charge < -0.3 is 9.80 Å². The number of nitrogens with one attached hydrogen (secondary N) is 1. The number of nitro groups is 1. The zero-order valence-electron chi connectivity index (χ0n) is 16.9. The zero-order chi connectivity index (χ0) is 20.8. The van der Waals surface area contributed by atoms with Crippen molar-refractivity contribution in [3.05, 3.63) is 39.9 Å². The predicted molar refractivity (Wildman–Crippen MR) is 116 cm³/mol. The zero-order valence-corrected chi connectivity index (χ0v) is 16.9. The van der Waals surface area contributed by atoms with Crippen LogP contribution < -0.4 is 15.2 Å². The molecule has 1 N–H and O–H groups in total. The van der Waals surface area contributed by atoms with E-state index in [9.17, 15) is 10.1 Å². The van der Waals surface area contributed by atoms with Gasteiger partial charge >= 0.3 is 0 Å². The quantitative estimate of drug-likeness (QED) is 0.439. The maximum atomic E-state index is 11.2. The summed E-state index contributed by atoms with van der Waals surface area (Å²) in [7, 11) is 0. The van der Waals surface area contributed by atoms with E-state index in [2.05, 4.69) is 30.3 Å². The number of piperidine rings is 2. The second-order valence-electron chi connectivity index (χ2n) is 7.54. The molecule has 0 amide bonds. The fourth-order valence-electron chi connectivity index (χ4n) is 3.80. The fourth-order valence-corrected chi connectivity index (χ4v) is 3.80. The Balaban J connectivity index is 1.57. The number of nitrogens with zero attached hydrogens (tertiary/aromatic N) is 7. The van der Waals surface area contributed by atoms with Gasteiger partial charge in [-0.1, -0.05) is 12.1 Å². The molecule has 0 aliphatic carbocycles. The normalized spacial score (nSPS) is 17.3. The number of rotatable bonds is 6. The van der Waals surface area contributed by atoms with Crippen LogP contribution in [-0.2, 0) is 0 Å². The van der Waals surface area contributed by atoms with Gasteiger partial charge in [0.15, 0.2) is 0 Å². The van der Waals surface area contributed by atoms with Crippen molar-refractivity contribution in [1.29, 1.82) is 0 Å². The Morgan fingerprint density at radius 3 is 2.03 bits per heavy atom. The van der Waals surface area contributed by atoms with Gasteiger partial charge in [0.1, 0.15) is 0 Å². The SMILES string of the molecule is O=[N+]([O-])c1ccccc1/C=N/Nc1nc(N2CCCCC2)nc(N2CCCCC2)n1. The Kier molecular flexibility index (Phi) is 6.31. The number of benzene rings is 1. The van der Waals surface area contributed by atoms with Crippen LogP contribution in [-0.4, -0.2) is 52.3 Å². The van der Waals surface area contributed by atoms with Crippen LogP contribution >= 0.6 is 0 Å². The van der Waals surface area contributed by atoms with Crippen molar-refractivity contribution in [3.63, 3.8) is 0 Å². The van der Waals surface area contributed by atoms with Crippen molar-refractivity contribution >= 4 is 29.7 Å². The summed E-state index contributed by atoms with van der Waals surface area (Å²) < 4.78 is 0. The molecule has 0 radical (unpaired) electrons. The van der Waals surface area contributed by atoms with E-state index in [4.69, 9.17) is 4.98 Å². The molecule has 4 rings (SSSR count). The lowest BCUT2D eigenvalue weighted by molar-refractivity contribution is -0.385. The van der Waals surface area contributed by atoms with Crippen LogP contribution in [0.2, 0.25) is 0 Å². The molecular formula is C20H26N8O2. The number of hydrogen-bond donors (Lipinski definition) is 1. The summed E-state index contributed by atoms with van der Waals surface area (Å²) in [5.41, 5.74) is 3.26. The third-order valence-electron chi connectivity index (χ3n) is 5.39. The lowest BCUT2D eigenvalue weighted by Crippen LogP contribution is -2.34. The molecule has 1 aromatic heterocycles. The van der Waals surface area contributed by atoms with Crippen LogP contribution in [0.3, 0.4) is 0 Å². The van der Waals surface area contributed by atoms with E-state index < -0.39 is 4.92 Å². The largest absolute Gasteiger partial charge is 0.341 e. The fraction of sp³-hybridized carbons (Fsp3) is 0.500. The van der Waals surface area contributed by atoms with Gasteiger partial charge in [0.05, 0.1) is 16.7 Å². The van der Waals surface area contributed by atoms with E-state index in [1.54, 1.807) is 18.2 Å². The maximum absolute atomic E-state index is 11.2. The van der Waals surface area contributed by atoms with Gasteiger partial charge in [-0.3, -0.25) is 10.1 Å². The Bertz CT molecular complexity index is 871. The molecule has 2 aliphatic heterocycles. The van der Waals surface area contributed by atoms with Gasteiger partial charge in [0.25, 0.3) is 5.69 Å². The number of hydrogen-bond acceptors (Lipinski definition) is 9. The van der Waals surface area contributed by atoms with Crippen LogP contribution in [0.5, 0.6) is 0 Å². The smallest absolute Gasteiger partial charge is 0.278 e. The summed E-state index contributed by atoms with van der Waals surface area (Å²) >= 11 is 0. The van der Waals surface area contributed by atoms with Crippen LogP contribution in [0.25, 0.3) is 0 Å². The Morgan fingerprint density at radius 1 is 0.900 bits per heavy atom. The lowest BCUT2D eigenvalue weighted by atomic mass is 10.1. The van der Waals surface area contributed by atoms with E-state index in [1.165, 1.54) is 25.1 Å². The molecule has 30 heavy (non-hydrogen) atoms. The Morgan fingerprint density at radius 2 is 1.47 bits per heavy atom. The summed E-state index contributed by atoms with van der Waals surface area (Å²) in [6.07, 6.45) is 8.39. The monoisotopic (exact) mass is 410 g/mol. The molecular weight excluding hydrogens is 384 g/mol. The molecule has 10 nitrogen and oxygen atoms in total. The van der Waals surface area contributed by atoms with Gasteiger partial charge in [0, 0.05) is 32.2 Å². The molecule has 0 bridgehead atoms. The number of para-hydroxylation sites is 1. The summed E-state index contributed by atoms with van der Waals surface area (Å²) in [6.45, 7) is 3.73. The number of nitro benzene ring substituents is 1. The number of anilines is 3. The summed E-state index contributed by atoms with van der Waals surface area (Å²) in [5.74, 6) is 1.67. The molecule has 0 spiro atoms. The predicted octanol–water partition coefficient (Wildman–Crippen LogP) is 3.21. The molecule has 0 atom stereocenters. The molecule has 0 saturated carbocycles.